The molecule has 4 rings (SSSR count). The highest BCUT2D eigenvalue weighted by Crippen LogP contribution is 2.29. The zero-order chi connectivity index (χ0) is 22.2. The number of rotatable bonds is 8. The average molecular weight is 461 g/mol. The molecule has 0 radical (unpaired) electrons. The van der Waals surface area contributed by atoms with Crippen LogP contribution < -0.4 is 16.0 Å². The molecule has 0 bridgehead atoms. The van der Waals surface area contributed by atoms with Crippen molar-refractivity contribution in [2.75, 3.05) is 19.6 Å². The van der Waals surface area contributed by atoms with E-state index in [4.69, 9.17) is 0 Å². The maximum atomic E-state index is 13.9. The molecule has 3 fully saturated rings. The smallest absolute Gasteiger partial charge is 0.244 e. The Hall–Kier alpha value is -1.44. The van der Waals surface area contributed by atoms with E-state index in [0.717, 1.165) is 17.8 Å². The third-order valence-corrected chi connectivity index (χ3v) is 8.36. The Kier molecular flexibility index (Phi) is 9.00. The Morgan fingerprint density at radius 2 is 1.84 bits per heavy atom. The monoisotopic (exact) mass is 460 g/mol. The van der Waals surface area contributed by atoms with E-state index in [0.29, 0.717) is 31.6 Å². The predicted molar refractivity (Wildman–Crippen MR) is 130 cm³/mol. The maximum absolute atomic E-state index is 13.9. The first-order chi connectivity index (χ1) is 15.7. The zero-order valence-electron chi connectivity index (χ0n) is 19.3. The average Bonchev–Trinajstić information content (AvgIpc) is 3.37. The van der Waals surface area contributed by atoms with E-state index >= 15 is 0 Å². The topological polar surface area (TPSA) is 73.5 Å². The normalized spacial score (nSPS) is 24.2. The Balaban J connectivity index is 1.42. The van der Waals surface area contributed by atoms with E-state index in [2.05, 4.69) is 16.0 Å². The van der Waals surface area contributed by atoms with Crippen LogP contribution in [0.5, 0.6) is 0 Å². The van der Waals surface area contributed by atoms with Crippen molar-refractivity contribution in [1.29, 1.82) is 0 Å². The fourth-order valence-corrected chi connectivity index (χ4v) is 6.30. The molecule has 0 spiro atoms. The summed E-state index contributed by atoms with van der Waals surface area (Å²) in [6.07, 6.45) is 13.5. The summed E-state index contributed by atoms with van der Waals surface area (Å²) >= 11 is 1.64. The van der Waals surface area contributed by atoms with Gasteiger partial charge in [-0.3, -0.25) is 9.59 Å². The number of carbonyl (C=O) groups excluding carboxylic acids is 2. The Labute approximate surface area is 196 Å². The summed E-state index contributed by atoms with van der Waals surface area (Å²) in [5, 5.41) is 12.2. The lowest BCUT2D eigenvalue weighted by Gasteiger charge is -2.39. The fraction of sp³-hybridized carbons (Fsp3) is 0.760. The minimum atomic E-state index is -0.432. The minimum absolute atomic E-state index is 0.0481. The number of piperazine rings is 1. The molecular formula is C25H40N4O2S. The van der Waals surface area contributed by atoms with Crippen molar-refractivity contribution < 1.29 is 9.59 Å². The summed E-state index contributed by atoms with van der Waals surface area (Å²) in [6, 6.07) is 3.87. The van der Waals surface area contributed by atoms with Crippen molar-refractivity contribution in [2.24, 2.45) is 5.92 Å². The predicted octanol–water partition coefficient (Wildman–Crippen LogP) is 3.43. The summed E-state index contributed by atoms with van der Waals surface area (Å²) in [4.78, 5) is 29.9. The van der Waals surface area contributed by atoms with Crippen LogP contribution in [0.15, 0.2) is 17.5 Å². The number of amides is 2. The molecule has 3 aliphatic rings. The molecule has 6 nitrogen and oxygen atoms in total. The summed E-state index contributed by atoms with van der Waals surface area (Å²) in [5.41, 5.74) is 0. The molecule has 2 aliphatic carbocycles. The molecule has 0 aromatic carbocycles. The SMILES string of the molecule is O=C(NCc1cccs1)C1CNCCN1C(=O)C(CC1CCCCC1)NC1CCCCC1. The molecule has 1 aromatic heterocycles. The second-order valence-electron chi connectivity index (χ2n) is 9.84. The van der Waals surface area contributed by atoms with Crippen molar-refractivity contribution >= 4 is 23.2 Å². The Morgan fingerprint density at radius 1 is 1.09 bits per heavy atom. The van der Waals surface area contributed by atoms with Gasteiger partial charge in [-0.15, -0.1) is 11.3 Å². The molecule has 2 heterocycles. The van der Waals surface area contributed by atoms with Gasteiger partial charge in [0.25, 0.3) is 0 Å². The van der Waals surface area contributed by atoms with Gasteiger partial charge in [0.05, 0.1) is 12.6 Å². The van der Waals surface area contributed by atoms with Crippen LogP contribution in [0.4, 0.5) is 0 Å². The number of hydrogen-bond donors (Lipinski definition) is 3. The molecule has 2 amide bonds. The highest BCUT2D eigenvalue weighted by Gasteiger charge is 2.37. The third-order valence-electron chi connectivity index (χ3n) is 7.48. The molecule has 32 heavy (non-hydrogen) atoms. The van der Waals surface area contributed by atoms with Crippen molar-refractivity contribution in [3.8, 4) is 0 Å². The second-order valence-corrected chi connectivity index (χ2v) is 10.9. The van der Waals surface area contributed by atoms with Crippen LogP contribution in [-0.2, 0) is 16.1 Å². The lowest BCUT2D eigenvalue weighted by Crippen LogP contribution is -2.63. The number of nitrogens with zero attached hydrogens (tertiary/aromatic N) is 1. The van der Waals surface area contributed by atoms with Gasteiger partial charge >= 0.3 is 0 Å². The van der Waals surface area contributed by atoms with E-state index < -0.39 is 6.04 Å². The standard InChI is InChI=1S/C25H40N4O2S/c30-24(27-17-21-12-7-15-32-21)23-18-26-13-14-29(23)25(31)22(16-19-8-3-1-4-9-19)28-20-10-5-2-6-11-20/h7,12,15,19-20,22-23,26,28H,1-6,8-11,13-14,16-18H2,(H,27,30). The van der Waals surface area contributed by atoms with Crippen molar-refractivity contribution in [3.63, 3.8) is 0 Å². The van der Waals surface area contributed by atoms with Crippen LogP contribution in [-0.4, -0.2) is 54.5 Å². The summed E-state index contributed by atoms with van der Waals surface area (Å²) < 4.78 is 0. The number of carbonyl (C=O) groups is 2. The van der Waals surface area contributed by atoms with Gasteiger partial charge in [0, 0.05) is 30.6 Å². The third kappa shape index (κ3) is 6.55. The molecule has 1 aliphatic heterocycles. The van der Waals surface area contributed by atoms with E-state index in [1.165, 1.54) is 64.2 Å². The van der Waals surface area contributed by atoms with Crippen LogP contribution in [0.1, 0.15) is 75.5 Å². The molecular weight excluding hydrogens is 420 g/mol. The van der Waals surface area contributed by atoms with E-state index in [-0.39, 0.29) is 17.9 Å². The van der Waals surface area contributed by atoms with Crippen LogP contribution in [0.25, 0.3) is 0 Å². The van der Waals surface area contributed by atoms with Gasteiger partial charge in [0.15, 0.2) is 0 Å². The summed E-state index contributed by atoms with van der Waals surface area (Å²) in [5.74, 6) is 0.717. The van der Waals surface area contributed by atoms with Gasteiger partial charge in [0.2, 0.25) is 11.8 Å². The zero-order valence-corrected chi connectivity index (χ0v) is 20.1. The summed E-state index contributed by atoms with van der Waals surface area (Å²) in [6.45, 7) is 2.41. The van der Waals surface area contributed by atoms with Gasteiger partial charge < -0.3 is 20.9 Å². The molecule has 178 valence electrons. The van der Waals surface area contributed by atoms with Crippen molar-refractivity contribution in [2.45, 2.75) is 95.3 Å². The molecule has 1 saturated heterocycles. The van der Waals surface area contributed by atoms with Crippen LogP contribution in [0.2, 0.25) is 0 Å². The van der Waals surface area contributed by atoms with Crippen molar-refractivity contribution in [3.05, 3.63) is 22.4 Å². The molecule has 2 unspecified atom stereocenters. The molecule has 1 aromatic rings. The van der Waals surface area contributed by atoms with E-state index in [1.54, 1.807) is 11.3 Å². The van der Waals surface area contributed by atoms with Gasteiger partial charge in [-0.05, 0) is 36.6 Å². The lowest BCUT2D eigenvalue weighted by atomic mass is 9.83. The highest BCUT2D eigenvalue weighted by atomic mass is 32.1. The molecule has 3 N–H and O–H groups in total. The first-order valence-corrected chi connectivity index (χ1v) is 13.7. The Morgan fingerprint density at radius 3 is 2.56 bits per heavy atom. The largest absolute Gasteiger partial charge is 0.349 e. The quantitative estimate of drug-likeness (QED) is 0.556. The summed E-state index contributed by atoms with van der Waals surface area (Å²) in [7, 11) is 0. The van der Waals surface area contributed by atoms with Crippen LogP contribution in [0, 0.1) is 5.92 Å². The molecule has 7 heteroatoms. The minimum Gasteiger partial charge on any atom is -0.349 e. The number of hydrogen-bond acceptors (Lipinski definition) is 5. The molecule has 2 saturated carbocycles. The number of nitrogens with one attached hydrogen (secondary N) is 3. The van der Waals surface area contributed by atoms with Crippen molar-refractivity contribution in [1.82, 2.24) is 20.9 Å². The van der Waals surface area contributed by atoms with Gasteiger partial charge in [-0.2, -0.15) is 0 Å². The van der Waals surface area contributed by atoms with Gasteiger partial charge in [-0.25, -0.2) is 0 Å². The van der Waals surface area contributed by atoms with E-state index in [1.807, 2.05) is 22.4 Å². The lowest BCUT2D eigenvalue weighted by molar-refractivity contribution is -0.143. The fourth-order valence-electron chi connectivity index (χ4n) is 5.66. The van der Waals surface area contributed by atoms with Crippen LogP contribution >= 0.6 is 11.3 Å². The van der Waals surface area contributed by atoms with Gasteiger partial charge in [-0.1, -0.05) is 57.4 Å². The second kappa shape index (κ2) is 12.1. The molecule has 2 atom stereocenters. The van der Waals surface area contributed by atoms with Gasteiger partial charge in [0.1, 0.15) is 6.04 Å². The number of thiophene rings is 1. The van der Waals surface area contributed by atoms with E-state index in [9.17, 15) is 9.59 Å². The highest BCUT2D eigenvalue weighted by molar-refractivity contribution is 7.09. The first-order valence-electron chi connectivity index (χ1n) is 12.8. The first kappa shape index (κ1) is 23.7. The van der Waals surface area contributed by atoms with Crippen LogP contribution in [0.3, 0.4) is 0 Å². The maximum Gasteiger partial charge on any atom is 0.244 e. The Bertz CT molecular complexity index is 694.